The number of rotatable bonds is 3. The molecular weight excluding hydrogens is 358 g/mol. The topological polar surface area (TPSA) is 88.9 Å². The van der Waals surface area contributed by atoms with E-state index in [2.05, 4.69) is 16.3 Å². The minimum absolute atomic E-state index is 0.167. The largest absolute Gasteiger partial charge is 0.450 e. The lowest BCUT2D eigenvalue weighted by Crippen LogP contribution is -2.55. The van der Waals surface area contributed by atoms with Gasteiger partial charge in [-0.25, -0.2) is 9.59 Å². The van der Waals surface area contributed by atoms with E-state index in [0.717, 1.165) is 39.0 Å². The van der Waals surface area contributed by atoms with Crippen molar-refractivity contribution in [3.63, 3.8) is 0 Å². The Morgan fingerprint density at radius 3 is 2.43 bits per heavy atom. The minimum atomic E-state index is -0.222. The molecule has 2 aliphatic heterocycles. The Balaban J connectivity index is 1.45. The van der Waals surface area contributed by atoms with E-state index in [0.29, 0.717) is 37.0 Å². The van der Waals surface area contributed by atoms with Crippen LogP contribution in [0, 0.1) is 11.3 Å². The van der Waals surface area contributed by atoms with Crippen LogP contribution in [-0.2, 0) is 4.74 Å². The number of hydrogen-bond donors (Lipinski definition) is 1. The van der Waals surface area contributed by atoms with Crippen molar-refractivity contribution in [2.45, 2.75) is 25.8 Å². The van der Waals surface area contributed by atoms with E-state index in [1.54, 1.807) is 34.1 Å². The molecule has 0 aromatic heterocycles. The van der Waals surface area contributed by atoms with Crippen LogP contribution in [0.1, 0.15) is 25.3 Å². The number of carbonyl (C=O) groups excluding carboxylic acids is 2. The van der Waals surface area contributed by atoms with Crippen LogP contribution in [0.15, 0.2) is 24.3 Å². The average Bonchev–Trinajstić information content (AvgIpc) is 2.74. The number of para-hydroxylation sites is 1. The van der Waals surface area contributed by atoms with Crippen molar-refractivity contribution in [2.75, 3.05) is 51.2 Å². The lowest BCUT2D eigenvalue weighted by atomic mass is 10.0. The Hall–Kier alpha value is -2.79. The van der Waals surface area contributed by atoms with Crippen molar-refractivity contribution in [2.24, 2.45) is 0 Å². The zero-order valence-electron chi connectivity index (χ0n) is 16.3. The third-order valence-electron chi connectivity index (χ3n) is 5.40. The summed E-state index contributed by atoms with van der Waals surface area (Å²) in [7, 11) is 0. The molecule has 0 spiro atoms. The number of likely N-dealkylation sites (tertiary alicyclic amines) is 1. The zero-order chi connectivity index (χ0) is 19.9. The van der Waals surface area contributed by atoms with E-state index in [9.17, 15) is 9.59 Å². The van der Waals surface area contributed by atoms with Crippen molar-refractivity contribution in [1.82, 2.24) is 14.7 Å². The zero-order valence-corrected chi connectivity index (χ0v) is 16.3. The average molecular weight is 385 g/mol. The summed E-state index contributed by atoms with van der Waals surface area (Å²) in [5.74, 6) is 0. The van der Waals surface area contributed by atoms with Crippen molar-refractivity contribution in [1.29, 1.82) is 5.26 Å². The molecule has 1 N–H and O–H groups in total. The Labute approximate surface area is 165 Å². The molecule has 8 nitrogen and oxygen atoms in total. The summed E-state index contributed by atoms with van der Waals surface area (Å²) in [6.07, 6.45) is 1.64. The number of piperazine rings is 1. The Bertz CT molecular complexity index is 732. The SMILES string of the molecule is CCOC(=O)N1CCC(N2CCN(C(=O)Nc3ccccc3C#N)CC2)CC1. The summed E-state index contributed by atoms with van der Waals surface area (Å²) in [4.78, 5) is 30.3. The Morgan fingerprint density at radius 1 is 1.11 bits per heavy atom. The second kappa shape index (κ2) is 9.42. The number of carbonyl (C=O) groups is 2. The van der Waals surface area contributed by atoms with E-state index in [1.165, 1.54) is 0 Å². The normalized spacial score (nSPS) is 18.4. The molecule has 3 amide bonds. The maximum Gasteiger partial charge on any atom is 0.409 e. The van der Waals surface area contributed by atoms with Gasteiger partial charge >= 0.3 is 12.1 Å². The van der Waals surface area contributed by atoms with Gasteiger partial charge in [0.05, 0.1) is 17.9 Å². The van der Waals surface area contributed by atoms with Crippen molar-refractivity contribution < 1.29 is 14.3 Å². The lowest BCUT2D eigenvalue weighted by molar-refractivity contribution is 0.0581. The maximum absolute atomic E-state index is 12.5. The highest BCUT2D eigenvalue weighted by Crippen LogP contribution is 2.20. The molecule has 2 aliphatic rings. The van der Waals surface area contributed by atoms with Crippen LogP contribution in [0.2, 0.25) is 0 Å². The Kier molecular flexibility index (Phi) is 6.71. The predicted octanol–water partition coefficient (Wildman–Crippen LogP) is 2.33. The van der Waals surface area contributed by atoms with E-state index in [-0.39, 0.29) is 12.1 Å². The molecule has 2 saturated heterocycles. The third kappa shape index (κ3) is 4.73. The van der Waals surface area contributed by atoms with Gasteiger partial charge in [0, 0.05) is 45.3 Å². The van der Waals surface area contributed by atoms with Gasteiger partial charge in [0.25, 0.3) is 0 Å². The fourth-order valence-electron chi connectivity index (χ4n) is 3.80. The van der Waals surface area contributed by atoms with E-state index in [4.69, 9.17) is 10.00 Å². The molecule has 0 bridgehead atoms. The third-order valence-corrected chi connectivity index (χ3v) is 5.40. The van der Waals surface area contributed by atoms with Crippen molar-refractivity contribution >= 4 is 17.8 Å². The predicted molar refractivity (Wildman–Crippen MR) is 105 cm³/mol. The van der Waals surface area contributed by atoms with Gasteiger partial charge in [-0.05, 0) is 31.9 Å². The summed E-state index contributed by atoms with van der Waals surface area (Å²) >= 11 is 0. The van der Waals surface area contributed by atoms with Crippen LogP contribution in [0.5, 0.6) is 0 Å². The number of amides is 3. The molecular formula is C20H27N5O3. The fraction of sp³-hybridized carbons (Fsp3) is 0.550. The van der Waals surface area contributed by atoms with Crippen LogP contribution in [0.25, 0.3) is 0 Å². The van der Waals surface area contributed by atoms with E-state index >= 15 is 0 Å². The van der Waals surface area contributed by atoms with E-state index in [1.807, 2.05) is 6.92 Å². The molecule has 0 aliphatic carbocycles. The summed E-state index contributed by atoms with van der Waals surface area (Å²) in [6.45, 7) is 6.59. The quantitative estimate of drug-likeness (QED) is 0.863. The van der Waals surface area contributed by atoms with E-state index < -0.39 is 0 Å². The molecule has 0 atom stereocenters. The molecule has 8 heteroatoms. The molecule has 2 fully saturated rings. The van der Waals surface area contributed by atoms with Gasteiger partial charge in [-0.15, -0.1) is 0 Å². The number of nitrogens with one attached hydrogen (secondary N) is 1. The van der Waals surface area contributed by atoms with Gasteiger partial charge in [0.1, 0.15) is 6.07 Å². The monoisotopic (exact) mass is 385 g/mol. The maximum atomic E-state index is 12.5. The summed E-state index contributed by atoms with van der Waals surface area (Å²) in [5, 5.41) is 12.0. The van der Waals surface area contributed by atoms with Gasteiger partial charge < -0.3 is 19.9 Å². The molecule has 150 valence electrons. The number of piperidine rings is 1. The number of ether oxygens (including phenoxy) is 1. The molecule has 1 aromatic carbocycles. The second-order valence-electron chi connectivity index (χ2n) is 7.03. The van der Waals surface area contributed by atoms with Crippen molar-refractivity contribution in [3.05, 3.63) is 29.8 Å². The number of hydrogen-bond acceptors (Lipinski definition) is 5. The molecule has 2 heterocycles. The van der Waals surface area contributed by atoms with Crippen molar-refractivity contribution in [3.8, 4) is 6.07 Å². The smallest absolute Gasteiger partial charge is 0.409 e. The van der Waals surface area contributed by atoms with Crippen LogP contribution >= 0.6 is 0 Å². The fourth-order valence-corrected chi connectivity index (χ4v) is 3.80. The number of nitriles is 1. The molecule has 1 aromatic rings. The number of anilines is 1. The summed E-state index contributed by atoms with van der Waals surface area (Å²) in [6, 6.07) is 9.38. The molecule has 3 rings (SSSR count). The molecule has 28 heavy (non-hydrogen) atoms. The minimum Gasteiger partial charge on any atom is -0.450 e. The van der Waals surface area contributed by atoms with Crippen LogP contribution < -0.4 is 5.32 Å². The van der Waals surface area contributed by atoms with Crippen LogP contribution in [-0.4, -0.2) is 78.7 Å². The summed E-state index contributed by atoms with van der Waals surface area (Å²) < 4.78 is 5.07. The standard InChI is InChI=1S/C20H27N5O3/c1-2-28-20(27)25-9-7-17(8-10-25)23-11-13-24(14-12-23)19(26)22-18-6-4-3-5-16(18)15-21/h3-6,17H,2,7-14H2,1H3,(H,22,26). The first-order valence-electron chi connectivity index (χ1n) is 9.83. The van der Waals surface area contributed by atoms with Gasteiger partial charge in [0.2, 0.25) is 0 Å². The molecule has 0 unspecified atom stereocenters. The Morgan fingerprint density at radius 2 is 1.79 bits per heavy atom. The van der Waals surface area contributed by atoms with Gasteiger partial charge in [-0.1, -0.05) is 12.1 Å². The van der Waals surface area contributed by atoms with Gasteiger partial charge in [-0.2, -0.15) is 5.26 Å². The first kappa shape index (κ1) is 20.0. The van der Waals surface area contributed by atoms with Gasteiger partial charge in [0.15, 0.2) is 0 Å². The summed E-state index contributed by atoms with van der Waals surface area (Å²) in [5.41, 5.74) is 1.01. The lowest BCUT2D eigenvalue weighted by Gasteiger charge is -2.42. The number of benzene rings is 1. The highest BCUT2D eigenvalue weighted by Gasteiger charge is 2.30. The number of urea groups is 1. The first-order chi connectivity index (χ1) is 13.6. The van der Waals surface area contributed by atoms with Gasteiger partial charge in [-0.3, -0.25) is 4.90 Å². The number of nitrogens with zero attached hydrogens (tertiary/aromatic N) is 4. The van der Waals surface area contributed by atoms with Crippen LogP contribution in [0.3, 0.4) is 0 Å². The van der Waals surface area contributed by atoms with Crippen LogP contribution in [0.4, 0.5) is 15.3 Å². The molecule has 0 radical (unpaired) electrons. The highest BCUT2D eigenvalue weighted by molar-refractivity contribution is 5.90. The molecule has 0 saturated carbocycles. The first-order valence-corrected chi connectivity index (χ1v) is 9.83. The second-order valence-corrected chi connectivity index (χ2v) is 7.03. The highest BCUT2D eigenvalue weighted by atomic mass is 16.6.